The molecule has 1 atom stereocenters. The largest absolute Gasteiger partial charge is 0.381 e. The molecule has 1 aromatic rings. The molecular weight excluding hydrogens is 309 g/mol. The summed E-state index contributed by atoms with van der Waals surface area (Å²) < 4.78 is 11.4. The third-order valence-corrected chi connectivity index (χ3v) is 3.93. The second kappa shape index (κ2) is 7.67. The summed E-state index contributed by atoms with van der Waals surface area (Å²) in [7, 11) is 1.68. The lowest BCUT2D eigenvalue weighted by Crippen LogP contribution is -2.35. The SMILES string of the molecule is COC[C@@]1(c2ccc(Cl)c(Cl)c2)CCNCCO1.Cl. The van der Waals surface area contributed by atoms with Crippen molar-refractivity contribution in [3.8, 4) is 0 Å². The van der Waals surface area contributed by atoms with Gasteiger partial charge in [-0.3, -0.25) is 0 Å². The van der Waals surface area contributed by atoms with Gasteiger partial charge in [-0.2, -0.15) is 0 Å². The molecule has 0 bridgehead atoms. The molecule has 1 heterocycles. The predicted octanol–water partition coefficient (Wildman–Crippen LogP) is 3.27. The molecule has 0 aromatic heterocycles. The van der Waals surface area contributed by atoms with E-state index in [0.29, 0.717) is 23.3 Å². The summed E-state index contributed by atoms with van der Waals surface area (Å²) in [6.45, 7) is 2.91. The van der Waals surface area contributed by atoms with E-state index in [-0.39, 0.29) is 12.4 Å². The van der Waals surface area contributed by atoms with Crippen LogP contribution in [0.15, 0.2) is 18.2 Å². The van der Waals surface area contributed by atoms with Crippen LogP contribution in [0.3, 0.4) is 0 Å². The Bertz CT molecular complexity index is 407. The Morgan fingerprint density at radius 2 is 2.11 bits per heavy atom. The Morgan fingerprint density at radius 3 is 2.79 bits per heavy atom. The Balaban J connectivity index is 0.00000180. The van der Waals surface area contributed by atoms with Gasteiger partial charge in [0.05, 0.1) is 23.3 Å². The highest BCUT2D eigenvalue weighted by Crippen LogP contribution is 2.34. The van der Waals surface area contributed by atoms with Crippen LogP contribution in [0.25, 0.3) is 0 Å². The van der Waals surface area contributed by atoms with E-state index in [9.17, 15) is 0 Å². The van der Waals surface area contributed by atoms with Crippen LogP contribution in [0.4, 0.5) is 0 Å². The van der Waals surface area contributed by atoms with Crippen molar-refractivity contribution in [2.75, 3.05) is 33.4 Å². The van der Waals surface area contributed by atoms with Gasteiger partial charge in [0.1, 0.15) is 5.60 Å². The second-order valence-corrected chi connectivity index (χ2v) is 5.22. The van der Waals surface area contributed by atoms with Gasteiger partial charge in [0.25, 0.3) is 0 Å². The van der Waals surface area contributed by atoms with Crippen molar-refractivity contribution in [2.24, 2.45) is 0 Å². The van der Waals surface area contributed by atoms with Gasteiger partial charge >= 0.3 is 0 Å². The zero-order valence-electron chi connectivity index (χ0n) is 10.7. The Kier molecular flexibility index (Phi) is 6.87. The summed E-state index contributed by atoms with van der Waals surface area (Å²) in [5.74, 6) is 0. The molecule has 1 fully saturated rings. The summed E-state index contributed by atoms with van der Waals surface area (Å²) in [4.78, 5) is 0. The van der Waals surface area contributed by atoms with E-state index >= 15 is 0 Å². The molecule has 1 aliphatic heterocycles. The highest BCUT2D eigenvalue weighted by atomic mass is 35.5. The van der Waals surface area contributed by atoms with Gasteiger partial charge in [0.2, 0.25) is 0 Å². The number of ether oxygens (including phenoxy) is 2. The molecule has 1 aromatic carbocycles. The Morgan fingerprint density at radius 1 is 1.32 bits per heavy atom. The molecule has 0 unspecified atom stereocenters. The van der Waals surface area contributed by atoms with E-state index in [1.54, 1.807) is 13.2 Å². The minimum atomic E-state index is -0.438. The Hall–Kier alpha value is -0.0300. The molecule has 1 aliphatic rings. The van der Waals surface area contributed by atoms with Crippen molar-refractivity contribution in [1.29, 1.82) is 0 Å². The minimum absolute atomic E-state index is 0. The van der Waals surface area contributed by atoms with E-state index in [0.717, 1.165) is 25.1 Å². The zero-order valence-corrected chi connectivity index (χ0v) is 13.1. The first-order chi connectivity index (χ1) is 8.68. The summed E-state index contributed by atoms with van der Waals surface area (Å²) in [5.41, 5.74) is 0.578. The number of halogens is 3. The van der Waals surface area contributed by atoms with Crippen molar-refractivity contribution < 1.29 is 9.47 Å². The Labute approximate surface area is 130 Å². The smallest absolute Gasteiger partial charge is 0.118 e. The molecule has 108 valence electrons. The molecule has 0 radical (unpaired) electrons. The van der Waals surface area contributed by atoms with Gasteiger partial charge in [-0.25, -0.2) is 0 Å². The van der Waals surface area contributed by atoms with Gasteiger partial charge in [-0.05, 0) is 30.7 Å². The highest BCUT2D eigenvalue weighted by molar-refractivity contribution is 6.42. The number of hydrogen-bond donors (Lipinski definition) is 1. The number of methoxy groups -OCH3 is 1. The van der Waals surface area contributed by atoms with Crippen LogP contribution in [0.2, 0.25) is 10.0 Å². The fraction of sp³-hybridized carbons (Fsp3) is 0.538. The predicted molar refractivity (Wildman–Crippen MR) is 80.7 cm³/mol. The van der Waals surface area contributed by atoms with Crippen LogP contribution in [-0.2, 0) is 15.1 Å². The molecule has 0 saturated carbocycles. The first-order valence-electron chi connectivity index (χ1n) is 5.97. The van der Waals surface area contributed by atoms with E-state index in [1.807, 2.05) is 12.1 Å². The third-order valence-electron chi connectivity index (χ3n) is 3.19. The topological polar surface area (TPSA) is 30.5 Å². The van der Waals surface area contributed by atoms with Crippen molar-refractivity contribution >= 4 is 35.6 Å². The maximum Gasteiger partial charge on any atom is 0.118 e. The zero-order chi connectivity index (χ0) is 13.0. The molecule has 19 heavy (non-hydrogen) atoms. The number of nitrogens with one attached hydrogen (secondary N) is 1. The summed E-state index contributed by atoms with van der Waals surface area (Å²) in [6.07, 6.45) is 0.846. The number of rotatable bonds is 3. The van der Waals surface area contributed by atoms with Crippen LogP contribution in [0.1, 0.15) is 12.0 Å². The molecule has 2 rings (SSSR count). The van der Waals surface area contributed by atoms with Crippen LogP contribution >= 0.6 is 35.6 Å². The van der Waals surface area contributed by atoms with Crippen LogP contribution < -0.4 is 5.32 Å². The van der Waals surface area contributed by atoms with Crippen molar-refractivity contribution in [1.82, 2.24) is 5.32 Å². The average molecular weight is 327 g/mol. The maximum absolute atomic E-state index is 6.09. The highest BCUT2D eigenvalue weighted by Gasteiger charge is 2.34. The fourth-order valence-corrected chi connectivity index (χ4v) is 2.54. The lowest BCUT2D eigenvalue weighted by Gasteiger charge is -2.32. The molecule has 1 N–H and O–H groups in total. The summed E-state index contributed by atoms with van der Waals surface area (Å²) in [6, 6.07) is 5.63. The first-order valence-corrected chi connectivity index (χ1v) is 6.73. The minimum Gasteiger partial charge on any atom is -0.381 e. The quantitative estimate of drug-likeness (QED) is 0.925. The second-order valence-electron chi connectivity index (χ2n) is 4.40. The number of benzene rings is 1. The van der Waals surface area contributed by atoms with E-state index < -0.39 is 5.60 Å². The van der Waals surface area contributed by atoms with E-state index in [4.69, 9.17) is 32.7 Å². The molecule has 0 spiro atoms. The summed E-state index contributed by atoms with van der Waals surface area (Å²) >= 11 is 12.0. The van der Waals surface area contributed by atoms with E-state index in [1.165, 1.54) is 0 Å². The van der Waals surface area contributed by atoms with Gasteiger partial charge in [-0.1, -0.05) is 29.3 Å². The third kappa shape index (κ3) is 3.97. The number of hydrogen-bond acceptors (Lipinski definition) is 3. The van der Waals surface area contributed by atoms with Crippen LogP contribution in [-0.4, -0.2) is 33.4 Å². The normalized spacial score (nSPS) is 23.5. The molecule has 1 saturated heterocycles. The molecule has 3 nitrogen and oxygen atoms in total. The molecular formula is C13H18Cl3NO2. The lowest BCUT2D eigenvalue weighted by molar-refractivity contribution is -0.0893. The van der Waals surface area contributed by atoms with Gasteiger partial charge in [0, 0.05) is 13.7 Å². The standard InChI is InChI=1S/C13H17Cl2NO2.ClH/c1-17-9-13(4-5-16-6-7-18-13)10-2-3-11(14)12(15)8-10;/h2-3,8,16H,4-7,9H2,1H3;1H/t13-;/m1./s1. The van der Waals surface area contributed by atoms with Gasteiger partial charge in [0.15, 0.2) is 0 Å². The average Bonchev–Trinajstić information content (AvgIpc) is 2.60. The van der Waals surface area contributed by atoms with Crippen molar-refractivity contribution in [3.05, 3.63) is 33.8 Å². The lowest BCUT2D eigenvalue weighted by atomic mass is 9.91. The van der Waals surface area contributed by atoms with Crippen LogP contribution in [0.5, 0.6) is 0 Å². The molecule has 0 amide bonds. The van der Waals surface area contributed by atoms with Crippen molar-refractivity contribution in [2.45, 2.75) is 12.0 Å². The molecule has 6 heteroatoms. The van der Waals surface area contributed by atoms with Gasteiger partial charge < -0.3 is 14.8 Å². The van der Waals surface area contributed by atoms with E-state index in [2.05, 4.69) is 5.32 Å². The monoisotopic (exact) mass is 325 g/mol. The fourth-order valence-electron chi connectivity index (χ4n) is 2.24. The van der Waals surface area contributed by atoms with Crippen LogP contribution in [0, 0.1) is 0 Å². The maximum atomic E-state index is 6.09. The molecule has 0 aliphatic carbocycles. The van der Waals surface area contributed by atoms with Crippen molar-refractivity contribution in [3.63, 3.8) is 0 Å². The first kappa shape index (κ1) is 17.0. The summed E-state index contributed by atoms with van der Waals surface area (Å²) in [5, 5.41) is 4.42. The van der Waals surface area contributed by atoms with Gasteiger partial charge in [-0.15, -0.1) is 12.4 Å².